The van der Waals surface area contributed by atoms with Crippen molar-refractivity contribution in [2.45, 2.75) is 26.3 Å². The quantitative estimate of drug-likeness (QED) is 0.703. The summed E-state index contributed by atoms with van der Waals surface area (Å²) in [7, 11) is 0. The molecule has 0 bridgehead atoms. The second-order valence-electron chi connectivity index (χ2n) is 6.34. The standard InChI is InChI=1S/C21H20ClN3O/c1-14(2)16-7-5-15(6-8-16)12-25-21(26)19-10-9-17(13-24-19)20-18(22)4-3-11-23-20/h3-11,13-14H,12H2,1-2H3,(H,25,26). The number of hydrogen-bond acceptors (Lipinski definition) is 3. The van der Waals surface area contributed by atoms with Crippen LogP contribution < -0.4 is 5.32 Å². The van der Waals surface area contributed by atoms with Crippen LogP contribution in [0.4, 0.5) is 0 Å². The molecule has 26 heavy (non-hydrogen) atoms. The summed E-state index contributed by atoms with van der Waals surface area (Å²) in [6.07, 6.45) is 3.28. The van der Waals surface area contributed by atoms with Crippen LogP contribution in [0.1, 0.15) is 41.4 Å². The Balaban J connectivity index is 1.64. The summed E-state index contributed by atoms with van der Waals surface area (Å²) in [4.78, 5) is 20.8. The van der Waals surface area contributed by atoms with Gasteiger partial charge in [-0.2, -0.15) is 0 Å². The maximum absolute atomic E-state index is 12.3. The van der Waals surface area contributed by atoms with E-state index in [1.807, 2.05) is 12.1 Å². The van der Waals surface area contributed by atoms with Crippen molar-refractivity contribution in [3.05, 3.63) is 82.8 Å². The first-order chi connectivity index (χ1) is 12.5. The van der Waals surface area contributed by atoms with Gasteiger partial charge >= 0.3 is 0 Å². The molecular formula is C21H20ClN3O. The van der Waals surface area contributed by atoms with Gasteiger partial charge in [-0.1, -0.05) is 49.7 Å². The van der Waals surface area contributed by atoms with Crippen LogP contribution >= 0.6 is 11.6 Å². The molecular weight excluding hydrogens is 346 g/mol. The van der Waals surface area contributed by atoms with Gasteiger partial charge in [0.25, 0.3) is 5.91 Å². The number of benzene rings is 1. The van der Waals surface area contributed by atoms with E-state index >= 15 is 0 Å². The first-order valence-electron chi connectivity index (χ1n) is 8.48. The van der Waals surface area contributed by atoms with Gasteiger partial charge in [0, 0.05) is 24.5 Å². The van der Waals surface area contributed by atoms with E-state index in [9.17, 15) is 4.79 Å². The Morgan fingerprint density at radius 2 is 1.85 bits per heavy atom. The molecule has 1 aromatic carbocycles. The van der Waals surface area contributed by atoms with E-state index in [0.717, 1.165) is 11.1 Å². The van der Waals surface area contributed by atoms with Gasteiger partial charge < -0.3 is 5.32 Å². The number of hydrogen-bond donors (Lipinski definition) is 1. The van der Waals surface area contributed by atoms with E-state index in [2.05, 4.69) is 41.3 Å². The van der Waals surface area contributed by atoms with Crippen LogP contribution in [0.25, 0.3) is 11.3 Å². The molecule has 0 spiro atoms. The molecule has 0 fully saturated rings. The largest absolute Gasteiger partial charge is 0.347 e. The predicted octanol–water partition coefficient (Wildman–Crippen LogP) is 4.85. The molecule has 0 unspecified atom stereocenters. The number of rotatable bonds is 5. The summed E-state index contributed by atoms with van der Waals surface area (Å²) in [5, 5.41) is 3.44. The van der Waals surface area contributed by atoms with E-state index in [1.54, 1.807) is 36.7 Å². The number of carbonyl (C=O) groups is 1. The summed E-state index contributed by atoms with van der Waals surface area (Å²) < 4.78 is 0. The second kappa shape index (κ2) is 8.11. The molecule has 0 aliphatic rings. The van der Waals surface area contributed by atoms with Crippen molar-refractivity contribution in [2.24, 2.45) is 0 Å². The highest BCUT2D eigenvalue weighted by molar-refractivity contribution is 6.33. The Labute approximate surface area is 158 Å². The summed E-state index contributed by atoms with van der Waals surface area (Å²) >= 11 is 6.14. The zero-order chi connectivity index (χ0) is 18.5. The monoisotopic (exact) mass is 365 g/mol. The SMILES string of the molecule is CC(C)c1ccc(CNC(=O)c2ccc(-c3ncccc3Cl)cn2)cc1. The minimum Gasteiger partial charge on any atom is -0.347 e. The van der Waals surface area contributed by atoms with Crippen molar-refractivity contribution in [3.63, 3.8) is 0 Å². The highest BCUT2D eigenvalue weighted by atomic mass is 35.5. The molecule has 3 rings (SSSR count). The number of halogens is 1. The third-order valence-electron chi connectivity index (χ3n) is 4.13. The van der Waals surface area contributed by atoms with E-state index in [1.165, 1.54) is 5.56 Å². The van der Waals surface area contributed by atoms with Crippen LogP contribution in [0.15, 0.2) is 60.9 Å². The van der Waals surface area contributed by atoms with Crippen LogP contribution in [0.5, 0.6) is 0 Å². The highest BCUT2D eigenvalue weighted by Gasteiger charge is 2.10. The average molecular weight is 366 g/mol. The van der Waals surface area contributed by atoms with E-state index in [4.69, 9.17) is 11.6 Å². The summed E-state index contributed by atoms with van der Waals surface area (Å²) in [6, 6.07) is 15.3. The Bertz CT molecular complexity index is 890. The number of carbonyl (C=O) groups excluding carboxylic acids is 1. The number of pyridine rings is 2. The lowest BCUT2D eigenvalue weighted by Crippen LogP contribution is -2.23. The molecule has 2 aromatic heterocycles. The molecule has 4 nitrogen and oxygen atoms in total. The lowest BCUT2D eigenvalue weighted by Gasteiger charge is -2.08. The maximum atomic E-state index is 12.3. The molecule has 0 saturated carbocycles. The molecule has 0 aliphatic heterocycles. The number of amides is 1. The van der Waals surface area contributed by atoms with Gasteiger partial charge in [0.15, 0.2) is 0 Å². The Morgan fingerprint density at radius 1 is 1.08 bits per heavy atom. The van der Waals surface area contributed by atoms with Gasteiger partial charge in [0.1, 0.15) is 5.69 Å². The van der Waals surface area contributed by atoms with Crippen molar-refractivity contribution in [3.8, 4) is 11.3 Å². The van der Waals surface area contributed by atoms with Crippen LogP contribution in [-0.4, -0.2) is 15.9 Å². The van der Waals surface area contributed by atoms with Crippen molar-refractivity contribution >= 4 is 17.5 Å². The molecule has 132 valence electrons. The van der Waals surface area contributed by atoms with Crippen LogP contribution in [-0.2, 0) is 6.54 Å². The van der Waals surface area contributed by atoms with Gasteiger partial charge in [-0.15, -0.1) is 0 Å². The van der Waals surface area contributed by atoms with Crippen molar-refractivity contribution in [2.75, 3.05) is 0 Å². The smallest absolute Gasteiger partial charge is 0.270 e. The normalized spacial score (nSPS) is 10.8. The lowest BCUT2D eigenvalue weighted by atomic mass is 10.0. The fraction of sp³-hybridized carbons (Fsp3) is 0.190. The van der Waals surface area contributed by atoms with Crippen LogP contribution in [0.2, 0.25) is 5.02 Å². The van der Waals surface area contributed by atoms with Gasteiger partial charge in [-0.3, -0.25) is 14.8 Å². The minimum atomic E-state index is -0.211. The molecule has 0 aliphatic carbocycles. The summed E-state index contributed by atoms with van der Waals surface area (Å²) in [5.41, 5.74) is 4.13. The third kappa shape index (κ3) is 4.27. The fourth-order valence-electron chi connectivity index (χ4n) is 2.56. The Morgan fingerprint density at radius 3 is 2.46 bits per heavy atom. The molecule has 1 amide bonds. The van der Waals surface area contributed by atoms with Crippen molar-refractivity contribution in [1.82, 2.24) is 15.3 Å². The molecule has 3 aromatic rings. The zero-order valence-electron chi connectivity index (χ0n) is 14.7. The highest BCUT2D eigenvalue weighted by Crippen LogP contribution is 2.24. The second-order valence-corrected chi connectivity index (χ2v) is 6.75. The minimum absolute atomic E-state index is 0.211. The Kier molecular flexibility index (Phi) is 5.64. The first-order valence-corrected chi connectivity index (χ1v) is 8.86. The van der Waals surface area contributed by atoms with Crippen LogP contribution in [0, 0.1) is 0 Å². The number of nitrogens with one attached hydrogen (secondary N) is 1. The first kappa shape index (κ1) is 18.1. The van der Waals surface area contributed by atoms with E-state index in [0.29, 0.717) is 28.9 Å². The van der Waals surface area contributed by atoms with Gasteiger partial charge in [0.05, 0.1) is 10.7 Å². The molecule has 1 N–H and O–H groups in total. The summed E-state index contributed by atoms with van der Waals surface area (Å²) in [5.74, 6) is 0.283. The van der Waals surface area contributed by atoms with E-state index in [-0.39, 0.29) is 5.91 Å². The molecule has 0 radical (unpaired) electrons. The zero-order valence-corrected chi connectivity index (χ0v) is 15.5. The molecule has 0 saturated heterocycles. The topological polar surface area (TPSA) is 54.9 Å². The fourth-order valence-corrected chi connectivity index (χ4v) is 2.79. The van der Waals surface area contributed by atoms with Crippen LogP contribution in [0.3, 0.4) is 0 Å². The maximum Gasteiger partial charge on any atom is 0.270 e. The Hall–Kier alpha value is -2.72. The average Bonchev–Trinajstić information content (AvgIpc) is 2.67. The van der Waals surface area contributed by atoms with Crippen molar-refractivity contribution < 1.29 is 4.79 Å². The molecule has 5 heteroatoms. The number of aromatic nitrogens is 2. The van der Waals surface area contributed by atoms with Crippen molar-refractivity contribution in [1.29, 1.82) is 0 Å². The predicted molar refractivity (Wildman–Crippen MR) is 104 cm³/mol. The lowest BCUT2D eigenvalue weighted by molar-refractivity contribution is 0.0946. The van der Waals surface area contributed by atoms with Gasteiger partial charge in [-0.25, -0.2) is 0 Å². The summed E-state index contributed by atoms with van der Waals surface area (Å²) in [6.45, 7) is 4.78. The number of nitrogens with zero attached hydrogens (tertiary/aromatic N) is 2. The van der Waals surface area contributed by atoms with Gasteiger partial charge in [-0.05, 0) is 41.3 Å². The third-order valence-corrected chi connectivity index (χ3v) is 4.43. The molecule has 0 atom stereocenters. The molecule has 2 heterocycles. The van der Waals surface area contributed by atoms with Gasteiger partial charge in [0.2, 0.25) is 0 Å². The van der Waals surface area contributed by atoms with E-state index < -0.39 is 0 Å².